The lowest BCUT2D eigenvalue weighted by Gasteiger charge is -2.04. The Bertz CT molecular complexity index is 572. The Kier molecular flexibility index (Phi) is 3.78. The van der Waals surface area contributed by atoms with Gasteiger partial charge in [-0.05, 0) is 11.4 Å². The van der Waals surface area contributed by atoms with Gasteiger partial charge in [0.2, 0.25) is 5.91 Å². The van der Waals surface area contributed by atoms with E-state index in [1.165, 1.54) is 36.7 Å². The molecule has 18 heavy (non-hydrogen) atoms. The zero-order valence-corrected chi connectivity index (χ0v) is 11.5. The molecule has 2 aromatic rings. The van der Waals surface area contributed by atoms with Crippen molar-refractivity contribution in [2.24, 2.45) is 0 Å². The van der Waals surface area contributed by atoms with Crippen LogP contribution in [-0.4, -0.2) is 19.0 Å². The minimum atomic E-state index is -0.441. The van der Waals surface area contributed by atoms with Crippen molar-refractivity contribution in [2.45, 2.75) is 6.92 Å². The highest BCUT2D eigenvalue weighted by Crippen LogP contribution is 2.38. The Morgan fingerprint density at radius 2 is 2.11 bits per heavy atom. The second-order valence-electron chi connectivity index (χ2n) is 3.50. The van der Waals surface area contributed by atoms with Crippen LogP contribution in [0.1, 0.15) is 17.3 Å². The van der Waals surface area contributed by atoms with Gasteiger partial charge in [0.05, 0.1) is 7.11 Å². The summed E-state index contributed by atoms with van der Waals surface area (Å²) in [5.41, 5.74) is 1.21. The number of anilines is 1. The van der Waals surface area contributed by atoms with E-state index < -0.39 is 5.97 Å². The van der Waals surface area contributed by atoms with Crippen molar-refractivity contribution in [3.05, 3.63) is 28.5 Å². The summed E-state index contributed by atoms with van der Waals surface area (Å²) in [7, 11) is 1.33. The van der Waals surface area contributed by atoms with Gasteiger partial charge in [-0.1, -0.05) is 6.07 Å². The molecular weight excluding hydrogens is 270 g/mol. The average molecular weight is 281 g/mol. The standard InChI is InChI=1S/C12H11NO3S2/c1-7(14)13-11-10(12(15)16-2)8(6-18-11)9-4-3-5-17-9/h3-6H,1-2H3,(H,13,14). The first kappa shape index (κ1) is 12.8. The van der Waals surface area contributed by atoms with Crippen molar-refractivity contribution >= 4 is 39.6 Å². The summed E-state index contributed by atoms with van der Waals surface area (Å²) < 4.78 is 4.78. The Morgan fingerprint density at radius 3 is 2.67 bits per heavy atom. The predicted molar refractivity (Wildman–Crippen MR) is 73.3 cm³/mol. The molecule has 4 nitrogen and oxygen atoms in total. The zero-order chi connectivity index (χ0) is 13.1. The fourth-order valence-electron chi connectivity index (χ4n) is 1.53. The lowest BCUT2D eigenvalue weighted by atomic mass is 10.1. The van der Waals surface area contributed by atoms with E-state index in [0.29, 0.717) is 10.6 Å². The maximum absolute atomic E-state index is 11.8. The molecule has 0 aliphatic carbocycles. The van der Waals surface area contributed by atoms with Crippen LogP contribution < -0.4 is 5.32 Å². The summed E-state index contributed by atoms with van der Waals surface area (Å²) in [4.78, 5) is 23.9. The Labute approximate surface area is 112 Å². The first-order valence-electron chi connectivity index (χ1n) is 5.14. The van der Waals surface area contributed by atoms with E-state index in [-0.39, 0.29) is 5.91 Å². The molecule has 0 unspecified atom stereocenters. The molecule has 6 heteroatoms. The third kappa shape index (κ3) is 2.44. The maximum atomic E-state index is 11.8. The number of rotatable bonds is 3. The number of methoxy groups -OCH3 is 1. The smallest absolute Gasteiger partial charge is 0.341 e. The number of ether oxygens (including phenoxy) is 1. The van der Waals surface area contributed by atoms with Crippen LogP contribution in [0.25, 0.3) is 10.4 Å². The van der Waals surface area contributed by atoms with Gasteiger partial charge in [0.25, 0.3) is 0 Å². The van der Waals surface area contributed by atoms with Gasteiger partial charge < -0.3 is 10.1 Å². The third-order valence-corrected chi connectivity index (χ3v) is 4.06. The van der Waals surface area contributed by atoms with Crippen LogP contribution in [0.4, 0.5) is 5.00 Å². The summed E-state index contributed by atoms with van der Waals surface area (Å²) >= 11 is 2.86. The van der Waals surface area contributed by atoms with Gasteiger partial charge in [0.1, 0.15) is 10.6 Å². The van der Waals surface area contributed by atoms with E-state index in [9.17, 15) is 9.59 Å². The number of esters is 1. The van der Waals surface area contributed by atoms with Crippen LogP contribution >= 0.6 is 22.7 Å². The number of hydrogen-bond donors (Lipinski definition) is 1. The van der Waals surface area contributed by atoms with E-state index >= 15 is 0 Å². The lowest BCUT2D eigenvalue weighted by Crippen LogP contribution is -2.10. The normalized spacial score (nSPS) is 10.1. The number of carbonyl (C=O) groups is 2. The van der Waals surface area contributed by atoms with E-state index in [4.69, 9.17) is 4.74 Å². The van der Waals surface area contributed by atoms with Crippen molar-refractivity contribution < 1.29 is 14.3 Å². The van der Waals surface area contributed by atoms with Crippen LogP contribution in [0.5, 0.6) is 0 Å². The van der Waals surface area contributed by atoms with Crippen molar-refractivity contribution in [3.8, 4) is 10.4 Å². The van der Waals surface area contributed by atoms with Crippen LogP contribution in [0.2, 0.25) is 0 Å². The molecule has 0 atom stereocenters. The first-order chi connectivity index (χ1) is 8.63. The SMILES string of the molecule is COC(=O)c1c(-c2cccs2)csc1NC(C)=O. The molecule has 2 rings (SSSR count). The molecule has 1 N–H and O–H groups in total. The number of amides is 1. The zero-order valence-electron chi connectivity index (χ0n) is 9.85. The topological polar surface area (TPSA) is 55.4 Å². The Morgan fingerprint density at radius 1 is 1.33 bits per heavy atom. The highest BCUT2D eigenvalue weighted by Gasteiger charge is 2.21. The third-order valence-electron chi connectivity index (χ3n) is 2.26. The van der Waals surface area contributed by atoms with Gasteiger partial charge in [-0.2, -0.15) is 0 Å². The molecule has 2 aromatic heterocycles. The number of hydrogen-bond acceptors (Lipinski definition) is 5. The van der Waals surface area contributed by atoms with Gasteiger partial charge in [-0.15, -0.1) is 22.7 Å². The summed E-state index contributed by atoms with van der Waals surface area (Å²) in [6.07, 6.45) is 0. The fraction of sp³-hybridized carbons (Fsp3) is 0.167. The number of nitrogens with one attached hydrogen (secondary N) is 1. The number of carbonyl (C=O) groups excluding carboxylic acids is 2. The predicted octanol–water partition coefficient (Wildman–Crippen LogP) is 3.22. The average Bonchev–Trinajstić information content (AvgIpc) is 2.95. The molecule has 0 saturated carbocycles. The van der Waals surface area contributed by atoms with Crippen molar-refractivity contribution in [3.63, 3.8) is 0 Å². The number of thiophene rings is 2. The Balaban J connectivity index is 2.51. The summed E-state index contributed by atoms with van der Waals surface area (Å²) in [5.74, 6) is -0.650. The molecule has 94 valence electrons. The van der Waals surface area contributed by atoms with Crippen molar-refractivity contribution in [2.75, 3.05) is 12.4 Å². The molecule has 0 aromatic carbocycles. The van der Waals surface area contributed by atoms with E-state index in [0.717, 1.165) is 10.4 Å². The highest BCUT2D eigenvalue weighted by molar-refractivity contribution is 7.17. The second-order valence-corrected chi connectivity index (χ2v) is 5.33. The molecule has 0 fully saturated rings. The van der Waals surface area contributed by atoms with Crippen molar-refractivity contribution in [1.82, 2.24) is 0 Å². The molecule has 0 aliphatic rings. The van der Waals surface area contributed by atoms with Gasteiger partial charge in [-0.3, -0.25) is 4.79 Å². The molecule has 0 aliphatic heterocycles. The van der Waals surface area contributed by atoms with Crippen LogP contribution in [-0.2, 0) is 9.53 Å². The van der Waals surface area contributed by atoms with Gasteiger partial charge >= 0.3 is 5.97 Å². The van der Waals surface area contributed by atoms with Crippen molar-refractivity contribution in [1.29, 1.82) is 0 Å². The van der Waals surface area contributed by atoms with Gasteiger partial charge in [0.15, 0.2) is 0 Å². The molecule has 0 radical (unpaired) electrons. The van der Waals surface area contributed by atoms with Crippen LogP contribution in [0.15, 0.2) is 22.9 Å². The first-order valence-corrected chi connectivity index (χ1v) is 6.90. The summed E-state index contributed by atoms with van der Waals surface area (Å²) in [6.45, 7) is 1.41. The molecule has 1 amide bonds. The molecule has 0 saturated heterocycles. The van der Waals surface area contributed by atoms with Gasteiger partial charge in [-0.25, -0.2) is 4.79 Å². The molecule has 0 spiro atoms. The Hall–Kier alpha value is -1.66. The van der Waals surface area contributed by atoms with E-state index in [1.807, 2.05) is 22.9 Å². The fourth-order valence-corrected chi connectivity index (χ4v) is 3.35. The minimum absolute atomic E-state index is 0.209. The lowest BCUT2D eigenvalue weighted by molar-refractivity contribution is -0.114. The molecule has 2 heterocycles. The molecule has 0 bridgehead atoms. The highest BCUT2D eigenvalue weighted by atomic mass is 32.1. The van der Waals surface area contributed by atoms with E-state index in [1.54, 1.807) is 0 Å². The van der Waals surface area contributed by atoms with E-state index in [2.05, 4.69) is 5.32 Å². The quantitative estimate of drug-likeness (QED) is 0.879. The van der Waals surface area contributed by atoms with Gasteiger partial charge in [0, 0.05) is 22.7 Å². The van der Waals surface area contributed by atoms with Crippen LogP contribution in [0, 0.1) is 0 Å². The summed E-state index contributed by atoms with van der Waals surface area (Å²) in [5, 5.41) is 6.97. The van der Waals surface area contributed by atoms with Crippen LogP contribution in [0.3, 0.4) is 0 Å². The minimum Gasteiger partial charge on any atom is -0.465 e. The maximum Gasteiger partial charge on any atom is 0.341 e. The summed E-state index contributed by atoms with van der Waals surface area (Å²) in [6, 6.07) is 3.84. The largest absolute Gasteiger partial charge is 0.465 e. The monoisotopic (exact) mass is 281 g/mol. The second kappa shape index (κ2) is 5.32. The molecular formula is C12H11NO3S2.